The topological polar surface area (TPSA) is 66.5 Å². The lowest BCUT2D eigenvalue weighted by Crippen LogP contribution is -2.38. The van der Waals surface area contributed by atoms with Gasteiger partial charge in [0.25, 0.3) is 15.9 Å². The fourth-order valence-corrected chi connectivity index (χ4v) is 5.25. The predicted octanol–water partition coefficient (Wildman–Crippen LogP) is 5.47. The second-order valence-electron chi connectivity index (χ2n) is 8.07. The summed E-state index contributed by atoms with van der Waals surface area (Å²) in [5.41, 5.74) is 2.92. The molecule has 1 aliphatic heterocycles. The van der Waals surface area contributed by atoms with Gasteiger partial charge in [-0.25, -0.2) is 8.42 Å². The summed E-state index contributed by atoms with van der Waals surface area (Å²) in [6.45, 7) is 3.16. The molecular weight excluding hydrogens is 444 g/mol. The number of benzene rings is 3. The molecule has 1 amide bonds. The van der Waals surface area contributed by atoms with Crippen LogP contribution in [0.2, 0.25) is 5.02 Å². The van der Waals surface area contributed by atoms with Crippen molar-refractivity contribution < 1.29 is 13.2 Å². The zero-order valence-electron chi connectivity index (χ0n) is 17.8. The van der Waals surface area contributed by atoms with E-state index in [1.807, 2.05) is 23.1 Å². The van der Waals surface area contributed by atoms with Gasteiger partial charge in [0.2, 0.25) is 0 Å². The number of rotatable bonds is 5. The molecule has 0 bridgehead atoms. The van der Waals surface area contributed by atoms with Crippen LogP contribution in [0.15, 0.2) is 77.7 Å². The number of likely N-dealkylation sites (tertiary alicyclic amines) is 1. The molecular formula is C25H25ClN2O3S. The van der Waals surface area contributed by atoms with Crippen LogP contribution < -0.4 is 4.72 Å². The van der Waals surface area contributed by atoms with E-state index >= 15 is 0 Å². The highest BCUT2D eigenvalue weighted by atomic mass is 35.5. The molecule has 1 N–H and O–H groups in total. The highest BCUT2D eigenvalue weighted by Gasteiger charge is 2.25. The first-order chi connectivity index (χ1) is 15.3. The number of nitrogens with one attached hydrogen (secondary N) is 1. The normalized spacial score (nSPS) is 14.9. The number of anilines is 1. The summed E-state index contributed by atoms with van der Waals surface area (Å²) < 4.78 is 28.1. The van der Waals surface area contributed by atoms with Crippen LogP contribution in [0.3, 0.4) is 0 Å². The van der Waals surface area contributed by atoms with E-state index in [0.717, 1.165) is 18.4 Å². The van der Waals surface area contributed by atoms with Crippen molar-refractivity contribution in [2.24, 2.45) is 0 Å². The highest BCUT2D eigenvalue weighted by molar-refractivity contribution is 7.92. The zero-order valence-corrected chi connectivity index (χ0v) is 19.4. The molecule has 0 spiro atoms. The van der Waals surface area contributed by atoms with E-state index in [1.54, 1.807) is 25.1 Å². The van der Waals surface area contributed by atoms with Gasteiger partial charge in [0.15, 0.2) is 0 Å². The largest absolute Gasteiger partial charge is 0.339 e. The van der Waals surface area contributed by atoms with Crippen molar-refractivity contribution >= 4 is 33.2 Å². The van der Waals surface area contributed by atoms with E-state index in [2.05, 4.69) is 16.9 Å². The molecule has 5 nitrogen and oxygen atoms in total. The summed E-state index contributed by atoms with van der Waals surface area (Å²) in [4.78, 5) is 15.1. The second-order valence-corrected chi connectivity index (χ2v) is 10.2. The van der Waals surface area contributed by atoms with Crippen LogP contribution in [0, 0.1) is 6.92 Å². The Kier molecular flexibility index (Phi) is 6.53. The van der Waals surface area contributed by atoms with Gasteiger partial charge < -0.3 is 4.90 Å². The van der Waals surface area contributed by atoms with Crippen molar-refractivity contribution in [3.8, 4) is 0 Å². The molecule has 3 aromatic carbocycles. The Bertz CT molecular complexity index is 1200. The van der Waals surface area contributed by atoms with Gasteiger partial charge in [-0.3, -0.25) is 9.52 Å². The summed E-state index contributed by atoms with van der Waals surface area (Å²) in [7, 11) is -3.79. The van der Waals surface area contributed by atoms with E-state index in [4.69, 9.17) is 11.6 Å². The molecule has 7 heteroatoms. The lowest BCUT2D eigenvalue weighted by molar-refractivity contribution is 0.0713. The van der Waals surface area contributed by atoms with Crippen LogP contribution in [-0.4, -0.2) is 32.3 Å². The molecule has 32 heavy (non-hydrogen) atoms. The number of sulfonamides is 1. The molecule has 0 aromatic heterocycles. The molecule has 0 unspecified atom stereocenters. The van der Waals surface area contributed by atoms with Gasteiger partial charge in [-0.15, -0.1) is 0 Å². The van der Waals surface area contributed by atoms with Crippen molar-refractivity contribution in [3.63, 3.8) is 0 Å². The van der Waals surface area contributed by atoms with Crippen LogP contribution in [0.25, 0.3) is 0 Å². The number of amides is 1. The lowest BCUT2D eigenvalue weighted by atomic mass is 9.89. The van der Waals surface area contributed by atoms with Crippen LogP contribution in [0.4, 0.5) is 5.69 Å². The van der Waals surface area contributed by atoms with E-state index < -0.39 is 10.0 Å². The maximum Gasteiger partial charge on any atom is 0.261 e. The maximum atomic E-state index is 13.1. The summed E-state index contributed by atoms with van der Waals surface area (Å²) in [6.07, 6.45) is 1.83. The third-order valence-corrected chi connectivity index (χ3v) is 7.54. The van der Waals surface area contributed by atoms with Crippen LogP contribution in [0.5, 0.6) is 0 Å². The van der Waals surface area contributed by atoms with Gasteiger partial charge in [0, 0.05) is 23.7 Å². The summed E-state index contributed by atoms with van der Waals surface area (Å²) >= 11 is 5.86. The number of hydrogen-bond acceptors (Lipinski definition) is 3. The molecule has 0 atom stereocenters. The fraction of sp³-hybridized carbons (Fsp3) is 0.240. The summed E-state index contributed by atoms with van der Waals surface area (Å²) in [5.74, 6) is 0.378. The summed E-state index contributed by atoms with van der Waals surface area (Å²) in [5, 5.41) is 0.462. The van der Waals surface area contributed by atoms with E-state index in [9.17, 15) is 13.2 Å². The molecule has 4 rings (SSSR count). The van der Waals surface area contributed by atoms with Crippen LogP contribution in [-0.2, 0) is 10.0 Å². The van der Waals surface area contributed by atoms with Crippen molar-refractivity contribution in [2.45, 2.75) is 30.6 Å². The molecule has 0 radical (unpaired) electrons. The number of piperidine rings is 1. The lowest BCUT2D eigenvalue weighted by Gasteiger charge is -2.32. The van der Waals surface area contributed by atoms with Gasteiger partial charge >= 0.3 is 0 Å². The Balaban J connectivity index is 1.47. The SMILES string of the molecule is Cc1ccc(C(=O)N2CCC(c3ccccc3)CC2)cc1NS(=O)(=O)c1ccc(Cl)cc1. The Hall–Kier alpha value is -2.83. The van der Waals surface area contributed by atoms with Gasteiger partial charge in [0.1, 0.15) is 0 Å². The third-order valence-electron chi connectivity index (χ3n) is 5.91. The quantitative estimate of drug-likeness (QED) is 0.540. The van der Waals surface area contributed by atoms with E-state index in [0.29, 0.717) is 35.3 Å². The number of carbonyl (C=O) groups is 1. The smallest absolute Gasteiger partial charge is 0.261 e. The van der Waals surface area contributed by atoms with Gasteiger partial charge in [-0.05, 0) is 73.2 Å². The Morgan fingerprint density at radius 3 is 2.28 bits per heavy atom. The molecule has 1 heterocycles. The average molecular weight is 469 g/mol. The van der Waals surface area contributed by atoms with Crippen molar-refractivity contribution in [2.75, 3.05) is 17.8 Å². The molecule has 0 saturated carbocycles. The van der Waals surface area contributed by atoms with Gasteiger partial charge in [-0.1, -0.05) is 48.0 Å². The monoisotopic (exact) mass is 468 g/mol. The molecule has 1 fully saturated rings. The van der Waals surface area contributed by atoms with Crippen LogP contribution in [0.1, 0.15) is 40.2 Å². The summed E-state index contributed by atoms with van der Waals surface area (Å²) in [6, 6.07) is 21.5. The molecule has 3 aromatic rings. The average Bonchev–Trinajstić information content (AvgIpc) is 2.81. The van der Waals surface area contributed by atoms with Gasteiger partial charge in [-0.2, -0.15) is 0 Å². The first-order valence-electron chi connectivity index (χ1n) is 10.6. The number of aryl methyl sites for hydroxylation is 1. The first kappa shape index (κ1) is 22.4. The molecule has 166 valence electrons. The maximum absolute atomic E-state index is 13.1. The number of halogens is 1. The van der Waals surface area contributed by atoms with Gasteiger partial charge in [0.05, 0.1) is 10.6 Å². The minimum atomic E-state index is -3.79. The van der Waals surface area contributed by atoms with Crippen molar-refractivity contribution in [1.82, 2.24) is 4.90 Å². The van der Waals surface area contributed by atoms with E-state index in [1.165, 1.54) is 29.8 Å². The first-order valence-corrected chi connectivity index (χ1v) is 12.4. The van der Waals surface area contributed by atoms with Crippen molar-refractivity contribution in [1.29, 1.82) is 0 Å². The molecule has 0 aliphatic carbocycles. The second kappa shape index (κ2) is 9.35. The van der Waals surface area contributed by atoms with Crippen LogP contribution >= 0.6 is 11.6 Å². The van der Waals surface area contributed by atoms with E-state index in [-0.39, 0.29) is 10.8 Å². The standard InChI is InChI=1S/C25H25ClN2O3S/c1-18-7-8-21(17-24(18)27-32(30,31)23-11-9-22(26)10-12-23)25(29)28-15-13-20(14-16-28)19-5-3-2-4-6-19/h2-12,17,20,27H,13-16H2,1H3. The predicted molar refractivity (Wildman–Crippen MR) is 128 cm³/mol. The molecule has 1 aliphatic rings. The Morgan fingerprint density at radius 1 is 0.969 bits per heavy atom. The zero-order chi connectivity index (χ0) is 22.7. The highest BCUT2D eigenvalue weighted by Crippen LogP contribution is 2.29. The Labute approximate surface area is 194 Å². The number of hydrogen-bond donors (Lipinski definition) is 1. The third kappa shape index (κ3) is 4.97. The Morgan fingerprint density at radius 2 is 1.62 bits per heavy atom. The number of carbonyl (C=O) groups excluding carboxylic acids is 1. The fourth-order valence-electron chi connectivity index (χ4n) is 4.01. The van der Waals surface area contributed by atoms with Crippen molar-refractivity contribution in [3.05, 3.63) is 94.5 Å². The number of nitrogens with zero attached hydrogens (tertiary/aromatic N) is 1. The minimum Gasteiger partial charge on any atom is -0.339 e. The molecule has 1 saturated heterocycles. The minimum absolute atomic E-state index is 0.0801.